The molecule has 0 aliphatic heterocycles. The van der Waals surface area contributed by atoms with Crippen LogP contribution in [-0.4, -0.2) is 13.7 Å². The van der Waals surface area contributed by atoms with Gasteiger partial charge in [-0.15, -0.1) is 0 Å². The Morgan fingerprint density at radius 1 is 0.800 bits per heavy atom. The zero-order chi connectivity index (χ0) is 14.2. The van der Waals surface area contributed by atoms with Gasteiger partial charge >= 0.3 is 0 Å². The van der Waals surface area contributed by atoms with Crippen LogP contribution >= 0.6 is 0 Å². The summed E-state index contributed by atoms with van der Waals surface area (Å²) in [4.78, 5) is 0. The normalized spacial score (nSPS) is 35.5. The van der Waals surface area contributed by atoms with E-state index in [-0.39, 0.29) is 0 Å². The van der Waals surface area contributed by atoms with Crippen LogP contribution in [0.4, 0.5) is 0 Å². The summed E-state index contributed by atoms with van der Waals surface area (Å²) in [5, 5.41) is 0. The molecule has 0 aromatic rings. The monoisotopic (exact) mass is 278 g/mol. The molecule has 0 unspecified atom stereocenters. The van der Waals surface area contributed by atoms with Gasteiger partial charge in [-0.3, -0.25) is 0 Å². The highest BCUT2D eigenvalue weighted by atomic mass is 16.5. The summed E-state index contributed by atoms with van der Waals surface area (Å²) in [6.45, 7) is 3.15. The minimum atomic E-state index is 0.854. The first kappa shape index (κ1) is 16.1. The summed E-state index contributed by atoms with van der Waals surface area (Å²) in [5.41, 5.74) is 0. The van der Waals surface area contributed by atoms with Crippen LogP contribution in [0.15, 0.2) is 12.2 Å². The summed E-state index contributed by atoms with van der Waals surface area (Å²) in [7, 11) is 1.84. The Bertz CT molecular complexity index is 267. The first-order valence-electron chi connectivity index (χ1n) is 8.93. The van der Waals surface area contributed by atoms with Gasteiger partial charge in [-0.2, -0.15) is 0 Å². The van der Waals surface area contributed by atoms with E-state index in [1.54, 1.807) is 0 Å². The van der Waals surface area contributed by atoms with Crippen LogP contribution in [0, 0.1) is 23.7 Å². The summed E-state index contributed by atoms with van der Waals surface area (Å²) < 4.78 is 5.30. The van der Waals surface area contributed by atoms with Crippen LogP contribution in [0.2, 0.25) is 0 Å². The maximum atomic E-state index is 5.30. The highest BCUT2D eigenvalue weighted by Crippen LogP contribution is 2.36. The van der Waals surface area contributed by atoms with Crippen molar-refractivity contribution in [1.29, 1.82) is 0 Å². The average molecular weight is 278 g/mol. The standard InChI is InChI=1S/C19H34O/c1-3-4-16-5-7-17(8-6-16)9-10-18-11-13-19(14-12-18)15-20-2/h3-4,16-19H,5-15H2,1-2H3. The molecule has 0 aromatic heterocycles. The van der Waals surface area contributed by atoms with E-state index < -0.39 is 0 Å². The topological polar surface area (TPSA) is 9.23 Å². The molecule has 0 heterocycles. The molecule has 0 aromatic carbocycles. The summed E-state index contributed by atoms with van der Waals surface area (Å²) in [6, 6.07) is 0. The lowest BCUT2D eigenvalue weighted by Crippen LogP contribution is -2.19. The third-order valence-corrected chi connectivity index (χ3v) is 5.71. The molecule has 0 bridgehead atoms. The second-order valence-corrected chi connectivity index (χ2v) is 7.23. The Hall–Kier alpha value is -0.300. The third-order valence-electron chi connectivity index (χ3n) is 5.71. The Morgan fingerprint density at radius 2 is 1.30 bits per heavy atom. The van der Waals surface area contributed by atoms with E-state index >= 15 is 0 Å². The van der Waals surface area contributed by atoms with Crippen LogP contribution in [0.3, 0.4) is 0 Å². The van der Waals surface area contributed by atoms with Gasteiger partial charge in [0.1, 0.15) is 0 Å². The number of hydrogen-bond acceptors (Lipinski definition) is 1. The van der Waals surface area contributed by atoms with E-state index in [4.69, 9.17) is 4.74 Å². The minimum absolute atomic E-state index is 0.854. The summed E-state index contributed by atoms with van der Waals surface area (Å²) in [6.07, 6.45) is 19.2. The van der Waals surface area contributed by atoms with Gasteiger partial charge in [0.2, 0.25) is 0 Å². The van der Waals surface area contributed by atoms with E-state index in [2.05, 4.69) is 19.1 Å². The maximum Gasteiger partial charge on any atom is 0.0490 e. The van der Waals surface area contributed by atoms with Gasteiger partial charge in [0.25, 0.3) is 0 Å². The van der Waals surface area contributed by atoms with Crippen LogP contribution in [0.1, 0.15) is 71.1 Å². The van der Waals surface area contributed by atoms with Crippen molar-refractivity contribution in [3.63, 3.8) is 0 Å². The Labute approximate surface area is 126 Å². The molecule has 2 fully saturated rings. The zero-order valence-electron chi connectivity index (χ0n) is 13.7. The number of methoxy groups -OCH3 is 1. The number of allylic oxidation sites excluding steroid dienone is 2. The molecule has 1 nitrogen and oxygen atoms in total. The van der Waals surface area contributed by atoms with Gasteiger partial charge in [-0.25, -0.2) is 0 Å². The fourth-order valence-corrected chi connectivity index (χ4v) is 4.34. The Balaban J connectivity index is 1.58. The number of ether oxygens (including phenoxy) is 1. The predicted molar refractivity (Wildman–Crippen MR) is 86.8 cm³/mol. The lowest BCUT2D eigenvalue weighted by atomic mass is 9.75. The SMILES string of the molecule is CC=CC1CCC(CCC2CCC(COC)CC2)CC1. The first-order chi connectivity index (χ1) is 9.81. The molecular weight excluding hydrogens is 244 g/mol. The third kappa shape index (κ3) is 5.24. The van der Waals surface area contributed by atoms with Crippen molar-refractivity contribution >= 4 is 0 Å². The van der Waals surface area contributed by atoms with Gasteiger partial charge < -0.3 is 4.74 Å². The average Bonchev–Trinajstić information content (AvgIpc) is 2.49. The predicted octanol–water partition coefficient (Wildman–Crippen LogP) is 5.60. The van der Waals surface area contributed by atoms with Crippen molar-refractivity contribution in [1.82, 2.24) is 0 Å². The van der Waals surface area contributed by atoms with E-state index in [1.165, 1.54) is 64.2 Å². The first-order valence-corrected chi connectivity index (χ1v) is 8.93. The molecule has 0 radical (unpaired) electrons. The second kappa shape index (κ2) is 8.87. The summed E-state index contributed by atoms with van der Waals surface area (Å²) >= 11 is 0. The fraction of sp³-hybridized carbons (Fsp3) is 0.895. The molecule has 2 aliphatic carbocycles. The highest BCUT2D eigenvalue weighted by Gasteiger charge is 2.23. The van der Waals surface area contributed by atoms with Crippen molar-refractivity contribution in [3.8, 4) is 0 Å². The molecule has 0 atom stereocenters. The van der Waals surface area contributed by atoms with E-state index in [0.717, 1.165) is 30.3 Å². The highest BCUT2D eigenvalue weighted by molar-refractivity contribution is 4.89. The number of hydrogen-bond donors (Lipinski definition) is 0. The Kier molecular flexibility index (Phi) is 7.13. The Morgan fingerprint density at radius 3 is 1.80 bits per heavy atom. The van der Waals surface area contributed by atoms with Crippen molar-refractivity contribution in [2.75, 3.05) is 13.7 Å². The molecular formula is C19H34O. The van der Waals surface area contributed by atoms with Crippen molar-refractivity contribution in [3.05, 3.63) is 12.2 Å². The molecule has 0 amide bonds. The van der Waals surface area contributed by atoms with Crippen molar-refractivity contribution < 1.29 is 4.74 Å². The van der Waals surface area contributed by atoms with Gasteiger partial charge in [0, 0.05) is 13.7 Å². The largest absolute Gasteiger partial charge is 0.384 e. The smallest absolute Gasteiger partial charge is 0.0490 e. The quantitative estimate of drug-likeness (QED) is 0.574. The minimum Gasteiger partial charge on any atom is -0.384 e. The van der Waals surface area contributed by atoms with Crippen LogP contribution in [0.25, 0.3) is 0 Å². The van der Waals surface area contributed by atoms with E-state index in [0.29, 0.717) is 0 Å². The molecule has 2 saturated carbocycles. The van der Waals surface area contributed by atoms with Gasteiger partial charge in [0.05, 0.1) is 0 Å². The molecule has 20 heavy (non-hydrogen) atoms. The lowest BCUT2D eigenvalue weighted by molar-refractivity contribution is 0.115. The van der Waals surface area contributed by atoms with Crippen LogP contribution < -0.4 is 0 Å². The number of rotatable bonds is 6. The van der Waals surface area contributed by atoms with Crippen LogP contribution in [0.5, 0.6) is 0 Å². The molecule has 116 valence electrons. The second-order valence-electron chi connectivity index (χ2n) is 7.23. The van der Waals surface area contributed by atoms with Crippen LogP contribution in [-0.2, 0) is 4.74 Å². The molecule has 0 N–H and O–H groups in total. The van der Waals surface area contributed by atoms with E-state index in [9.17, 15) is 0 Å². The molecule has 2 aliphatic rings. The van der Waals surface area contributed by atoms with Gasteiger partial charge in [0.15, 0.2) is 0 Å². The van der Waals surface area contributed by atoms with Crippen molar-refractivity contribution in [2.45, 2.75) is 71.1 Å². The molecule has 2 rings (SSSR count). The molecule has 0 spiro atoms. The van der Waals surface area contributed by atoms with Gasteiger partial charge in [-0.05, 0) is 69.1 Å². The zero-order valence-corrected chi connectivity index (χ0v) is 13.7. The molecule has 0 saturated heterocycles. The van der Waals surface area contributed by atoms with Crippen molar-refractivity contribution in [2.24, 2.45) is 23.7 Å². The van der Waals surface area contributed by atoms with Gasteiger partial charge in [-0.1, -0.05) is 37.8 Å². The molecule has 1 heteroatoms. The lowest BCUT2D eigenvalue weighted by Gasteiger charge is -2.31. The maximum absolute atomic E-state index is 5.30. The summed E-state index contributed by atoms with van der Waals surface area (Å²) in [5.74, 6) is 3.80. The fourth-order valence-electron chi connectivity index (χ4n) is 4.34. The van der Waals surface area contributed by atoms with E-state index in [1.807, 2.05) is 7.11 Å².